The van der Waals surface area contributed by atoms with E-state index in [0.717, 1.165) is 23.9 Å². The van der Waals surface area contributed by atoms with Crippen LogP contribution in [0.1, 0.15) is 54.5 Å². The Kier molecular flexibility index (Phi) is 4.64. The van der Waals surface area contributed by atoms with Crippen LogP contribution in [-0.2, 0) is 6.54 Å². The number of carboxylic acids is 1. The fourth-order valence-electron chi connectivity index (χ4n) is 2.96. The van der Waals surface area contributed by atoms with Crippen molar-refractivity contribution in [2.75, 3.05) is 6.54 Å². The third kappa shape index (κ3) is 3.83. The maximum absolute atomic E-state index is 10.8. The van der Waals surface area contributed by atoms with Crippen molar-refractivity contribution in [1.29, 1.82) is 0 Å². The molecular weight excluding hydrogens is 242 g/mol. The Balaban J connectivity index is 1.80. The third-order valence-corrected chi connectivity index (χ3v) is 4.02. The van der Waals surface area contributed by atoms with Crippen molar-refractivity contribution in [2.24, 2.45) is 11.8 Å². The van der Waals surface area contributed by atoms with Crippen molar-refractivity contribution in [3.05, 3.63) is 23.2 Å². The average Bonchev–Trinajstić information content (AvgIpc) is 2.71. The second-order valence-electron chi connectivity index (χ2n) is 5.77. The summed E-state index contributed by atoms with van der Waals surface area (Å²) < 4.78 is 5.20. The molecule has 106 valence electrons. The molecule has 0 amide bonds. The summed E-state index contributed by atoms with van der Waals surface area (Å²) in [6.07, 6.45) is 5.31. The van der Waals surface area contributed by atoms with Crippen LogP contribution in [0.3, 0.4) is 0 Å². The van der Waals surface area contributed by atoms with Gasteiger partial charge in [0.25, 0.3) is 0 Å². The molecule has 1 saturated carbocycles. The van der Waals surface area contributed by atoms with Crippen molar-refractivity contribution in [3.8, 4) is 0 Å². The minimum Gasteiger partial charge on any atom is -0.475 e. The standard InChI is InChI=1S/C15H23NO3/c1-10-4-3-5-12(6-10)8-16-9-13-7-14(15(17)18)19-11(13)2/h7,10,12,16H,3-6,8-9H2,1-2H3,(H,17,18). The molecule has 1 fully saturated rings. The van der Waals surface area contributed by atoms with Gasteiger partial charge in [0.1, 0.15) is 5.76 Å². The molecule has 0 aromatic carbocycles. The van der Waals surface area contributed by atoms with E-state index in [4.69, 9.17) is 9.52 Å². The minimum absolute atomic E-state index is 0.0283. The van der Waals surface area contributed by atoms with Gasteiger partial charge in [0.05, 0.1) is 0 Å². The van der Waals surface area contributed by atoms with Crippen LogP contribution < -0.4 is 5.32 Å². The van der Waals surface area contributed by atoms with Gasteiger partial charge in [-0.3, -0.25) is 0 Å². The van der Waals surface area contributed by atoms with Crippen LogP contribution in [0.4, 0.5) is 0 Å². The van der Waals surface area contributed by atoms with Gasteiger partial charge in [-0.15, -0.1) is 0 Å². The summed E-state index contributed by atoms with van der Waals surface area (Å²) in [5.41, 5.74) is 0.946. The Labute approximate surface area is 114 Å². The van der Waals surface area contributed by atoms with Crippen LogP contribution >= 0.6 is 0 Å². The number of aryl methyl sites for hydroxylation is 1. The molecule has 2 N–H and O–H groups in total. The molecule has 1 aromatic rings. The van der Waals surface area contributed by atoms with E-state index >= 15 is 0 Å². The summed E-state index contributed by atoms with van der Waals surface area (Å²) in [6.45, 7) is 5.84. The fourth-order valence-corrected chi connectivity index (χ4v) is 2.96. The highest BCUT2D eigenvalue weighted by atomic mass is 16.4. The molecule has 19 heavy (non-hydrogen) atoms. The molecule has 1 heterocycles. The second kappa shape index (κ2) is 6.24. The normalized spacial score (nSPS) is 23.5. The Morgan fingerprint density at radius 3 is 2.95 bits per heavy atom. The maximum atomic E-state index is 10.8. The summed E-state index contributed by atoms with van der Waals surface area (Å²) in [6, 6.07) is 1.62. The zero-order valence-electron chi connectivity index (χ0n) is 11.7. The first kappa shape index (κ1) is 14.1. The molecule has 2 rings (SSSR count). The van der Waals surface area contributed by atoms with Crippen molar-refractivity contribution in [2.45, 2.75) is 46.1 Å². The third-order valence-electron chi connectivity index (χ3n) is 4.02. The van der Waals surface area contributed by atoms with Crippen LogP contribution in [0.25, 0.3) is 0 Å². The molecule has 0 spiro atoms. The van der Waals surface area contributed by atoms with Gasteiger partial charge in [-0.25, -0.2) is 4.79 Å². The van der Waals surface area contributed by atoms with E-state index < -0.39 is 5.97 Å². The molecule has 4 nitrogen and oxygen atoms in total. The van der Waals surface area contributed by atoms with E-state index in [2.05, 4.69) is 12.2 Å². The zero-order valence-corrected chi connectivity index (χ0v) is 11.7. The molecule has 1 aliphatic rings. The topological polar surface area (TPSA) is 62.5 Å². The molecule has 0 radical (unpaired) electrons. The van der Waals surface area contributed by atoms with Crippen LogP contribution in [0.15, 0.2) is 10.5 Å². The molecule has 4 heteroatoms. The highest BCUT2D eigenvalue weighted by Gasteiger charge is 2.19. The molecule has 0 bridgehead atoms. The van der Waals surface area contributed by atoms with Crippen molar-refractivity contribution < 1.29 is 14.3 Å². The minimum atomic E-state index is -1.00. The van der Waals surface area contributed by atoms with E-state index in [0.29, 0.717) is 12.3 Å². The lowest BCUT2D eigenvalue weighted by Gasteiger charge is -2.26. The summed E-state index contributed by atoms with van der Waals surface area (Å²) in [4.78, 5) is 10.8. The van der Waals surface area contributed by atoms with Gasteiger partial charge >= 0.3 is 5.97 Å². The van der Waals surface area contributed by atoms with Crippen LogP contribution in [0.2, 0.25) is 0 Å². The van der Waals surface area contributed by atoms with E-state index in [1.807, 2.05) is 6.92 Å². The lowest BCUT2D eigenvalue weighted by Crippen LogP contribution is -2.26. The maximum Gasteiger partial charge on any atom is 0.371 e. The van der Waals surface area contributed by atoms with Gasteiger partial charge in [-0.1, -0.05) is 19.8 Å². The number of hydrogen-bond acceptors (Lipinski definition) is 3. The van der Waals surface area contributed by atoms with Gasteiger partial charge < -0.3 is 14.8 Å². The number of aromatic carboxylic acids is 1. The predicted octanol–water partition coefficient (Wildman–Crippen LogP) is 3.20. The number of hydrogen-bond donors (Lipinski definition) is 2. The first-order valence-corrected chi connectivity index (χ1v) is 7.09. The van der Waals surface area contributed by atoms with Crippen LogP contribution in [0, 0.1) is 18.8 Å². The molecular formula is C15H23NO3. The van der Waals surface area contributed by atoms with E-state index in [1.54, 1.807) is 6.07 Å². The summed E-state index contributed by atoms with van der Waals surface area (Å²) >= 11 is 0. The number of carboxylic acid groups (broad SMARTS) is 1. The van der Waals surface area contributed by atoms with Crippen LogP contribution in [-0.4, -0.2) is 17.6 Å². The highest BCUT2D eigenvalue weighted by molar-refractivity contribution is 5.84. The number of furan rings is 1. The molecule has 1 aliphatic carbocycles. The molecule has 0 aliphatic heterocycles. The first-order valence-electron chi connectivity index (χ1n) is 7.09. The van der Waals surface area contributed by atoms with Crippen LogP contribution in [0.5, 0.6) is 0 Å². The highest BCUT2D eigenvalue weighted by Crippen LogP contribution is 2.28. The molecule has 2 unspecified atom stereocenters. The Morgan fingerprint density at radius 1 is 1.53 bits per heavy atom. The smallest absolute Gasteiger partial charge is 0.371 e. The van der Waals surface area contributed by atoms with Gasteiger partial charge in [0.15, 0.2) is 0 Å². The van der Waals surface area contributed by atoms with E-state index in [9.17, 15) is 4.79 Å². The fraction of sp³-hybridized carbons (Fsp3) is 0.667. The molecule has 1 aromatic heterocycles. The summed E-state index contributed by atoms with van der Waals surface area (Å²) in [5.74, 6) is 1.32. The van der Waals surface area contributed by atoms with Gasteiger partial charge in [0, 0.05) is 12.1 Å². The number of carbonyl (C=O) groups is 1. The molecule has 2 atom stereocenters. The Bertz CT molecular complexity index is 439. The SMILES string of the molecule is Cc1oc(C(=O)O)cc1CNCC1CCCC(C)C1. The van der Waals surface area contributed by atoms with E-state index in [1.165, 1.54) is 25.7 Å². The summed E-state index contributed by atoms with van der Waals surface area (Å²) in [5, 5.41) is 12.3. The zero-order chi connectivity index (χ0) is 13.8. The quantitative estimate of drug-likeness (QED) is 0.858. The number of nitrogens with one attached hydrogen (secondary N) is 1. The first-order chi connectivity index (χ1) is 9.06. The predicted molar refractivity (Wildman–Crippen MR) is 73.2 cm³/mol. The van der Waals surface area contributed by atoms with Gasteiger partial charge in [-0.05, 0) is 44.2 Å². The molecule has 0 saturated heterocycles. The largest absolute Gasteiger partial charge is 0.475 e. The monoisotopic (exact) mass is 265 g/mol. The van der Waals surface area contributed by atoms with E-state index in [-0.39, 0.29) is 5.76 Å². The lowest BCUT2D eigenvalue weighted by molar-refractivity contribution is 0.0661. The Morgan fingerprint density at radius 2 is 2.32 bits per heavy atom. The van der Waals surface area contributed by atoms with Crippen molar-refractivity contribution >= 4 is 5.97 Å². The van der Waals surface area contributed by atoms with Gasteiger partial charge in [0.2, 0.25) is 5.76 Å². The number of rotatable bonds is 5. The van der Waals surface area contributed by atoms with Gasteiger partial charge in [-0.2, -0.15) is 0 Å². The Hall–Kier alpha value is -1.29. The summed E-state index contributed by atoms with van der Waals surface area (Å²) in [7, 11) is 0. The second-order valence-corrected chi connectivity index (χ2v) is 5.77. The van der Waals surface area contributed by atoms with Crippen molar-refractivity contribution in [1.82, 2.24) is 5.32 Å². The lowest BCUT2D eigenvalue weighted by atomic mass is 9.82. The van der Waals surface area contributed by atoms with Crippen molar-refractivity contribution in [3.63, 3.8) is 0 Å². The average molecular weight is 265 g/mol.